The zero-order chi connectivity index (χ0) is 13.8. The maximum atomic E-state index is 12.4. The summed E-state index contributed by atoms with van der Waals surface area (Å²) in [6.07, 6.45) is 3.91. The SMILES string of the molecule is CCCCN1C(=O)/C(=C/c2ccccc2)N(C)C1=S. The van der Waals surface area contributed by atoms with Crippen molar-refractivity contribution in [3.05, 3.63) is 41.6 Å². The Morgan fingerprint density at radius 3 is 2.58 bits per heavy atom. The third-order valence-electron chi connectivity index (χ3n) is 3.18. The lowest BCUT2D eigenvalue weighted by Crippen LogP contribution is -2.32. The molecule has 0 saturated carbocycles. The highest BCUT2D eigenvalue weighted by atomic mass is 32.1. The van der Waals surface area contributed by atoms with E-state index in [4.69, 9.17) is 12.2 Å². The topological polar surface area (TPSA) is 23.6 Å². The lowest BCUT2D eigenvalue weighted by Gasteiger charge is -2.15. The molecule has 0 unspecified atom stereocenters. The molecule has 2 rings (SSSR count). The Balaban J connectivity index is 2.25. The van der Waals surface area contributed by atoms with Crippen LogP contribution in [-0.2, 0) is 4.79 Å². The first-order valence-electron chi connectivity index (χ1n) is 6.51. The summed E-state index contributed by atoms with van der Waals surface area (Å²) >= 11 is 5.34. The Bertz CT molecular complexity index is 510. The maximum Gasteiger partial charge on any atom is 0.276 e. The summed E-state index contributed by atoms with van der Waals surface area (Å²) in [7, 11) is 1.85. The van der Waals surface area contributed by atoms with Crippen LogP contribution in [0.25, 0.3) is 6.08 Å². The first-order valence-corrected chi connectivity index (χ1v) is 6.92. The van der Waals surface area contributed by atoms with E-state index in [0.717, 1.165) is 18.4 Å². The molecule has 1 aliphatic heterocycles. The maximum absolute atomic E-state index is 12.4. The summed E-state index contributed by atoms with van der Waals surface area (Å²) in [5.74, 6) is 0.00445. The molecule has 1 heterocycles. The number of unbranched alkanes of at least 4 members (excludes halogenated alkanes) is 1. The van der Waals surface area contributed by atoms with Crippen molar-refractivity contribution < 1.29 is 4.79 Å². The smallest absolute Gasteiger partial charge is 0.276 e. The van der Waals surface area contributed by atoms with Gasteiger partial charge in [-0.1, -0.05) is 43.7 Å². The molecule has 1 amide bonds. The Morgan fingerprint density at radius 2 is 1.95 bits per heavy atom. The van der Waals surface area contributed by atoms with Gasteiger partial charge >= 0.3 is 0 Å². The summed E-state index contributed by atoms with van der Waals surface area (Å²) < 4.78 is 0. The first-order chi connectivity index (χ1) is 9.15. The van der Waals surface area contributed by atoms with Gasteiger partial charge in [0.1, 0.15) is 5.70 Å². The lowest BCUT2D eigenvalue weighted by atomic mass is 10.2. The third kappa shape index (κ3) is 2.84. The highest BCUT2D eigenvalue weighted by molar-refractivity contribution is 7.80. The highest BCUT2D eigenvalue weighted by Gasteiger charge is 2.34. The number of hydrogen-bond acceptors (Lipinski definition) is 2. The number of hydrogen-bond donors (Lipinski definition) is 0. The number of thiocarbonyl (C=S) groups is 1. The molecule has 0 N–H and O–H groups in total. The van der Waals surface area contributed by atoms with Crippen LogP contribution in [0.2, 0.25) is 0 Å². The zero-order valence-corrected chi connectivity index (χ0v) is 12.1. The van der Waals surface area contributed by atoms with Crippen LogP contribution < -0.4 is 0 Å². The van der Waals surface area contributed by atoms with Crippen LogP contribution >= 0.6 is 12.2 Å². The molecular weight excluding hydrogens is 256 g/mol. The van der Waals surface area contributed by atoms with Gasteiger partial charge < -0.3 is 4.90 Å². The molecule has 1 fully saturated rings. The number of carbonyl (C=O) groups excluding carboxylic acids is 1. The van der Waals surface area contributed by atoms with Gasteiger partial charge in [0.15, 0.2) is 5.11 Å². The van der Waals surface area contributed by atoms with Crippen LogP contribution in [0.3, 0.4) is 0 Å². The van der Waals surface area contributed by atoms with E-state index in [1.54, 1.807) is 9.80 Å². The Morgan fingerprint density at radius 1 is 1.26 bits per heavy atom. The van der Waals surface area contributed by atoms with Crippen molar-refractivity contribution in [1.82, 2.24) is 9.80 Å². The third-order valence-corrected chi connectivity index (χ3v) is 3.68. The molecule has 100 valence electrons. The van der Waals surface area contributed by atoms with Gasteiger partial charge in [-0.3, -0.25) is 9.69 Å². The fraction of sp³-hybridized carbons (Fsp3) is 0.333. The largest absolute Gasteiger partial charge is 0.317 e. The molecule has 0 radical (unpaired) electrons. The molecule has 1 aromatic carbocycles. The predicted molar refractivity (Wildman–Crippen MR) is 81.4 cm³/mol. The second-order valence-electron chi connectivity index (χ2n) is 4.59. The molecule has 3 nitrogen and oxygen atoms in total. The lowest BCUT2D eigenvalue weighted by molar-refractivity contribution is -0.122. The van der Waals surface area contributed by atoms with Gasteiger partial charge in [0.05, 0.1) is 0 Å². The predicted octanol–water partition coefficient (Wildman–Crippen LogP) is 2.89. The summed E-state index contributed by atoms with van der Waals surface area (Å²) in [6.45, 7) is 2.80. The molecule has 0 spiro atoms. The fourth-order valence-electron chi connectivity index (χ4n) is 2.03. The van der Waals surface area contributed by atoms with Gasteiger partial charge in [-0.2, -0.15) is 0 Å². The van der Waals surface area contributed by atoms with Crippen LogP contribution in [0, 0.1) is 0 Å². The minimum absolute atomic E-state index is 0.00445. The van der Waals surface area contributed by atoms with E-state index < -0.39 is 0 Å². The van der Waals surface area contributed by atoms with Crippen molar-refractivity contribution >= 4 is 29.3 Å². The molecule has 0 aromatic heterocycles. The van der Waals surface area contributed by atoms with Gasteiger partial charge in [-0.25, -0.2) is 0 Å². The minimum atomic E-state index is 0.00445. The zero-order valence-electron chi connectivity index (χ0n) is 11.3. The Hall–Kier alpha value is -1.68. The Labute approximate surface area is 119 Å². The number of amides is 1. The first kappa shape index (κ1) is 13.7. The van der Waals surface area contributed by atoms with Crippen LogP contribution in [0.4, 0.5) is 0 Å². The second kappa shape index (κ2) is 5.97. The molecular formula is C15H18N2OS. The number of likely N-dealkylation sites (N-methyl/N-ethyl adjacent to an activating group) is 1. The van der Waals surface area contributed by atoms with Gasteiger partial charge in [0.25, 0.3) is 5.91 Å². The summed E-state index contributed by atoms with van der Waals surface area (Å²) in [6, 6.07) is 9.83. The van der Waals surface area contributed by atoms with Gasteiger partial charge in [-0.05, 0) is 30.3 Å². The van der Waals surface area contributed by atoms with Gasteiger partial charge in [0, 0.05) is 13.6 Å². The van der Waals surface area contributed by atoms with Crippen LogP contribution in [0.1, 0.15) is 25.3 Å². The van der Waals surface area contributed by atoms with Crippen LogP contribution in [0.5, 0.6) is 0 Å². The molecule has 0 atom stereocenters. The minimum Gasteiger partial charge on any atom is -0.317 e. The molecule has 19 heavy (non-hydrogen) atoms. The average molecular weight is 274 g/mol. The van der Waals surface area contributed by atoms with E-state index in [-0.39, 0.29) is 5.91 Å². The average Bonchev–Trinajstić information content (AvgIpc) is 2.62. The monoisotopic (exact) mass is 274 g/mol. The second-order valence-corrected chi connectivity index (χ2v) is 4.96. The molecule has 0 aliphatic carbocycles. The normalized spacial score (nSPS) is 17.7. The number of nitrogens with zero attached hydrogens (tertiary/aromatic N) is 2. The summed E-state index contributed by atoms with van der Waals surface area (Å²) in [5, 5.41) is 0.598. The van der Waals surface area contributed by atoms with E-state index in [0.29, 0.717) is 17.4 Å². The molecule has 1 aromatic rings. The van der Waals surface area contributed by atoms with Crippen LogP contribution in [-0.4, -0.2) is 34.4 Å². The van der Waals surface area contributed by atoms with Crippen molar-refractivity contribution in [2.24, 2.45) is 0 Å². The van der Waals surface area contributed by atoms with Crippen molar-refractivity contribution in [1.29, 1.82) is 0 Å². The van der Waals surface area contributed by atoms with Gasteiger partial charge in [-0.15, -0.1) is 0 Å². The number of carbonyl (C=O) groups is 1. The van der Waals surface area contributed by atoms with Crippen molar-refractivity contribution in [3.8, 4) is 0 Å². The standard InChI is InChI=1S/C15H18N2OS/c1-3-4-10-17-14(18)13(16(2)15(17)19)11-12-8-6-5-7-9-12/h5-9,11H,3-4,10H2,1-2H3/b13-11-. The van der Waals surface area contributed by atoms with E-state index in [9.17, 15) is 4.79 Å². The Kier molecular flexibility index (Phi) is 4.32. The van der Waals surface area contributed by atoms with E-state index >= 15 is 0 Å². The van der Waals surface area contributed by atoms with Crippen molar-refractivity contribution in [2.75, 3.05) is 13.6 Å². The van der Waals surface area contributed by atoms with E-state index in [1.165, 1.54) is 0 Å². The van der Waals surface area contributed by atoms with Gasteiger partial charge in [0.2, 0.25) is 0 Å². The van der Waals surface area contributed by atoms with Crippen molar-refractivity contribution in [2.45, 2.75) is 19.8 Å². The number of benzene rings is 1. The molecule has 1 aliphatic rings. The number of rotatable bonds is 4. The molecule has 4 heteroatoms. The van der Waals surface area contributed by atoms with Crippen molar-refractivity contribution in [3.63, 3.8) is 0 Å². The van der Waals surface area contributed by atoms with E-state index in [2.05, 4.69) is 6.92 Å². The molecule has 1 saturated heterocycles. The highest BCUT2D eigenvalue weighted by Crippen LogP contribution is 2.22. The molecule has 0 bridgehead atoms. The summed E-state index contributed by atoms with van der Waals surface area (Å²) in [5.41, 5.74) is 1.66. The van der Waals surface area contributed by atoms with Crippen LogP contribution in [0.15, 0.2) is 36.0 Å². The van der Waals surface area contributed by atoms with E-state index in [1.807, 2.05) is 43.5 Å². The summed E-state index contributed by atoms with van der Waals surface area (Å²) in [4.78, 5) is 15.8. The fourth-order valence-corrected chi connectivity index (χ4v) is 2.30. The quantitative estimate of drug-likeness (QED) is 0.623.